The summed E-state index contributed by atoms with van der Waals surface area (Å²) < 4.78 is 0. The minimum Gasteiger partial charge on any atom is -0.264 e. The van der Waals surface area contributed by atoms with Crippen LogP contribution in [0.3, 0.4) is 0 Å². The molecule has 1 nitrogen and oxygen atoms in total. The van der Waals surface area contributed by atoms with Crippen LogP contribution in [0.1, 0.15) is 45.2 Å². The molecule has 0 bridgehead atoms. The van der Waals surface area contributed by atoms with Gasteiger partial charge in [0.15, 0.2) is 0 Å². The highest BCUT2D eigenvalue weighted by molar-refractivity contribution is 5.38. The fourth-order valence-corrected chi connectivity index (χ4v) is 3.40. The maximum Gasteiger partial charge on any atom is 0.0308 e. The van der Waals surface area contributed by atoms with Gasteiger partial charge in [0.25, 0.3) is 0 Å². The molecule has 1 aliphatic carbocycles. The number of nitrogens with zero attached hydrogens (tertiary/aromatic N) is 1. The van der Waals surface area contributed by atoms with Gasteiger partial charge in [-0.2, -0.15) is 0 Å². The van der Waals surface area contributed by atoms with Crippen LogP contribution in [0.25, 0.3) is 0 Å². The highest BCUT2D eigenvalue weighted by atomic mass is 14.6. The number of fused-ring (bicyclic) bond motifs is 1. The van der Waals surface area contributed by atoms with E-state index in [1.165, 1.54) is 24.0 Å². The summed E-state index contributed by atoms with van der Waals surface area (Å²) in [6.07, 6.45) is 6.55. The maximum absolute atomic E-state index is 4.32. The average molecular weight is 203 g/mol. The molecule has 0 atom stereocenters. The van der Waals surface area contributed by atoms with Gasteiger partial charge in [0.05, 0.1) is 0 Å². The summed E-state index contributed by atoms with van der Waals surface area (Å²) in [5.74, 6) is 1.39. The topological polar surface area (TPSA) is 12.9 Å². The second-order valence-electron chi connectivity index (χ2n) is 5.38. The first-order valence-corrected chi connectivity index (χ1v) is 6.02. The van der Waals surface area contributed by atoms with Crippen LogP contribution >= 0.6 is 0 Å². The van der Waals surface area contributed by atoms with E-state index in [1.54, 1.807) is 0 Å². The molecular weight excluding hydrogens is 182 g/mol. The molecule has 0 amide bonds. The quantitative estimate of drug-likeness (QED) is 0.716. The summed E-state index contributed by atoms with van der Waals surface area (Å²) in [4.78, 5) is 4.32. The van der Waals surface area contributed by atoms with Gasteiger partial charge >= 0.3 is 0 Å². The molecule has 0 N–H and O–H groups in total. The maximum atomic E-state index is 4.32. The number of rotatable bonds is 2. The van der Waals surface area contributed by atoms with Crippen LogP contribution in [-0.4, -0.2) is 4.98 Å². The van der Waals surface area contributed by atoms with Crippen molar-refractivity contribution in [3.05, 3.63) is 29.6 Å². The molecule has 0 saturated carbocycles. The van der Waals surface area contributed by atoms with Crippen LogP contribution < -0.4 is 0 Å². The van der Waals surface area contributed by atoms with Gasteiger partial charge in [-0.15, -0.1) is 0 Å². The molecule has 0 unspecified atom stereocenters. The Morgan fingerprint density at radius 1 is 1.20 bits per heavy atom. The molecule has 2 rings (SSSR count). The minimum atomic E-state index is 0.365. The lowest BCUT2D eigenvalue weighted by Gasteiger charge is -2.38. The van der Waals surface area contributed by atoms with Crippen LogP contribution in [0.5, 0.6) is 0 Å². The Balaban J connectivity index is 2.54. The fourth-order valence-electron chi connectivity index (χ4n) is 3.40. The SMILES string of the molecule is CC(C)C1(C(C)C)CCc2ccncc21. The minimum absolute atomic E-state index is 0.365. The number of aromatic nitrogens is 1. The predicted molar refractivity (Wildman–Crippen MR) is 63.9 cm³/mol. The normalized spacial score (nSPS) is 18.5. The van der Waals surface area contributed by atoms with E-state index in [0.29, 0.717) is 17.3 Å². The summed E-state index contributed by atoms with van der Waals surface area (Å²) in [7, 11) is 0. The lowest BCUT2D eigenvalue weighted by molar-refractivity contribution is 0.218. The van der Waals surface area contributed by atoms with Crippen molar-refractivity contribution in [2.24, 2.45) is 11.8 Å². The summed E-state index contributed by atoms with van der Waals surface area (Å²) in [6.45, 7) is 9.40. The first-order valence-electron chi connectivity index (χ1n) is 6.02. The van der Waals surface area contributed by atoms with Gasteiger partial charge in [-0.3, -0.25) is 4.98 Å². The Hall–Kier alpha value is -0.850. The van der Waals surface area contributed by atoms with Gasteiger partial charge in [-0.25, -0.2) is 0 Å². The lowest BCUT2D eigenvalue weighted by Crippen LogP contribution is -2.35. The van der Waals surface area contributed by atoms with Crippen molar-refractivity contribution in [3.8, 4) is 0 Å². The largest absolute Gasteiger partial charge is 0.264 e. The second-order valence-corrected chi connectivity index (χ2v) is 5.38. The van der Waals surface area contributed by atoms with Crippen LogP contribution in [-0.2, 0) is 11.8 Å². The van der Waals surface area contributed by atoms with E-state index in [9.17, 15) is 0 Å². The number of hydrogen-bond donors (Lipinski definition) is 0. The number of aryl methyl sites for hydroxylation is 1. The zero-order valence-electron chi connectivity index (χ0n) is 10.2. The van der Waals surface area contributed by atoms with Crippen molar-refractivity contribution >= 4 is 0 Å². The zero-order chi connectivity index (χ0) is 11.1. The zero-order valence-corrected chi connectivity index (χ0v) is 10.2. The molecule has 0 fully saturated rings. The molecule has 0 aliphatic heterocycles. The summed E-state index contributed by atoms with van der Waals surface area (Å²) in [6, 6.07) is 2.20. The molecule has 15 heavy (non-hydrogen) atoms. The lowest BCUT2D eigenvalue weighted by atomic mass is 9.65. The molecule has 0 radical (unpaired) electrons. The van der Waals surface area contributed by atoms with E-state index in [-0.39, 0.29) is 0 Å². The summed E-state index contributed by atoms with van der Waals surface area (Å²) >= 11 is 0. The van der Waals surface area contributed by atoms with Gasteiger partial charge in [0.1, 0.15) is 0 Å². The first-order chi connectivity index (χ1) is 7.09. The van der Waals surface area contributed by atoms with E-state index in [1.807, 2.05) is 6.20 Å². The van der Waals surface area contributed by atoms with Crippen LogP contribution in [0.4, 0.5) is 0 Å². The Kier molecular flexibility index (Phi) is 2.57. The molecule has 0 saturated heterocycles. The summed E-state index contributed by atoms with van der Waals surface area (Å²) in [5.41, 5.74) is 3.39. The van der Waals surface area contributed by atoms with Crippen LogP contribution in [0.15, 0.2) is 18.5 Å². The van der Waals surface area contributed by atoms with E-state index >= 15 is 0 Å². The van der Waals surface area contributed by atoms with Crippen LogP contribution in [0, 0.1) is 11.8 Å². The smallest absolute Gasteiger partial charge is 0.0308 e. The van der Waals surface area contributed by atoms with Gasteiger partial charge < -0.3 is 0 Å². The third-order valence-electron chi connectivity index (χ3n) is 4.28. The Morgan fingerprint density at radius 3 is 2.47 bits per heavy atom. The van der Waals surface area contributed by atoms with Gasteiger partial charge in [-0.1, -0.05) is 27.7 Å². The fraction of sp³-hybridized carbons (Fsp3) is 0.643. The molecule has 0 aromatic carbocycles. The first kappa shape index (κ1) is 10.7. The highest BCUT2D eigenvalue weighted by Crippen LogP contribution is 2.48. The molecule has 1 aromatic rings. The Bertz CT molecular complexity index is 344. The van der Waals surface area contributed by atoms with E-state index in [4.69, 9.17) is 0 Å². The Labute approximate surface area is 92.9 Å². The number of pyridine rings is 1. The third-order valence-corrected chi connectivity index (χ3v) is 4.28. The predicted octanol–water partition coefficient (Wildman–Crippen LogP) is 3.58. The van der Waals surface area contributed by atoms with Crippen molar-refractivity contribution < 1.29 is 0 Å². The average Bonchev–Trinajstić information content (AvgIpc) is 2.57. The van der Waals surface area contributed by atoms with E-state index in [2.05, 4.69) is 44.9 Å². The van der Waals surface area contributed by atoms with Crippen molar-refractivity contribution in [2.75, 3.05) is 0 Å². The van der Waals surface area contributed by atoms with Crippen molar-refractivity contribution in [3.63, 3.8) is 0 Å². The highest BCUT2D eigenvalue weighted by Gasteiger charge is 2.43. The van der Waals surface area contributed by atoms with Crippen molar-refractivity contribution in [1.82, 2.24) is 4.98 Å². The van der Waals surface area contributed by atoms with Crippen molar-refractivity contribution in [1.29, 1.82) is 0 Å². The molecule has 1 aromatic heterocycles. The summed E-state index contributed by atoms with van der Waals surface area (Å²) in [5, 5.41) is 0. The standard InChI is InChI=1S/C14H21N/c1-10(2)14(11(3)4)7-5-12-6-8-15-9-13(12)14/h6,8-11H,5,7H2,1-4H3. The Morgan fingerprint density at radius 2 is 1.87 bits per heavy atom. The van der Waals surface area contributed by atoms with E-state index < -0.39 is 0 Å². The third kappa shape index (κ3) is 1.40. The molecule has 0 spiro atoms. The molecular formula is C14H21N. The van der Waals surface area contributed by atoms with Crippen molar-refractivity contribution in [2.45, 2.75) is 46.0 Å². The van der Waals surface area contributed by atoms with Gasteiger partial charge in [-0.05, 0) is 41.9 Å². The monoisotopic (exact) mass is 203 g/mol. The second kappa shape index (κ2) is 3.62. The number of hydrogen-bond acceptors (Lipinski definition) is 1. The van der Waals surface area contributed by atoms with Gasteiger partial charge in [0, 0.05) is 17.8 Å². The van der Waals surface area contributed by atoms with E-state index in [0.717, 1.165) is 0 Å². The molecule has 1 heteroatoms. The van der Waals surface area contributed by atoms with Gasteiger partial charge in [0.2, 0.25) is 0 Å². The van der Waals surface area contributed by atoms with Crippen LogP contribution in [0.2, 0.25) is 0 Å². The molecule has 1 aliphatic rings. The molecule has 82 valence electrons. The molecule has 1 heterocycles.